The largest absolute Gasteiger partial charge is 0.350 e. The predicted octanol–water partition coefficient (Wildman–Crippen LogP) is 2.81. The first-order chi connectivity index (χ1) is 11.6. The van der Waals surface area contributed by atoms with Crippen LogP contribution in [0.3, 0.4) is 0 Å². The summed E-state index contributed by atoms with van der Waals surface area (Å²) in [7, 11) is 0. The van der Waals surface area contributed by atoms with E-state index < -0.39 is 17.7 Å². The van der Waals surface area contributed by atoms with Gasteiger partial charge in [0.25, 0.3) is 0 Å². The van der Waals surface area contributed by atoms with Gasteiger partial charge in [-0.05, 0) is 55.8 Å². The molecular weight excluding hydrogens is 312 g/mol. The molecule has 1 saturated heterocycles. The zero-order valence-electron chi connectivity index (χ0n) is 13.2. The van der Waals surface area contributed by atoms with Crippen molar-refractivity contribution < 1.29 is 13.6 Å². The molecule has 1 aromatic heterocycles. The third-order valence-corrected chi connectivity index (χ3v) is 4.22. The van der Waals surface area contributed by atoms with E-state index in [0.717, 1.165) is 49.7 Å². The van der Waals surface area contributed by atoms with Crippen LogP contribution in [0.25, 0.3) is 0 Å². The van der Waals surface area contributed by atoms with E-state index in [-0.39, 0.29) is 18.0 Å². The number of rotatable bonds is 5. The first-order valence-corrected chi connectivity index (χ1v) is 8.01. The summed E-state index contributed by atoms with van der Waals surface area (Å²) in [4.78, 5) is 18.9. The highest BCUT2D eigenvalue weighted by atomic mass is 19.1. The van der Waals surface area contributed by atoms with Crippen molar-refractivity contribution in [3.8, 4) is 0 Å². The van der Waals surface area contributed by atoms with Gasteiger partial charge in [-0.3, -0.25) is 14.7 Å². The van der Waals surface area contributed by atoms with Crippen molar-refractivity contribution in [2.45, 2.75) is 25.4 Å². The van der Waals surface area contributed by atoms with Crippen molar-refractivity contribution in [1.29, 1.82) is 0 Å². The van der Waals surface area contributed by atoms with Gasteiger partial charge in [-0.25, -0.2) is 8.78 Å². The normalized spacial score (nSPS) is 16.1. The Balaban J connectivity index is 1.75. The molecule has 1 N–H and O–H groups in total. The molecule has 0 aliphatic carbocycles. The molecule has 2 heterocycles. The molecule has 0 radical (unpaired) electrons. The maximum atomic E-state index is 13.7. The van der Waals surface area contributed by atoms with Gasteiger partial charge in [0.05, 0.1) is 0 Å². The summed E-state index contributed by atoms with van der Waals surface area (Å²) in [6, 6.07) is 6.41. The van der Waals surface area contributed by atoms with E-state index in [9.17, 15) is 13.6 Å². The third kappa shape index (κ3) is 3.76. The van der Waals surface area contributed by atoms with Gasteiger partial charge in [-0.15, -0.1) is 0 Å². The van der Waals surface area contributed by atoms with Crippen LogP contribution in [0.15, 0.2) is 42.7 Å². The van der Waals surface area contributed by atoms with Crippen LogP contribution in [-0.4, -0.2) is 28.9 Å². The van der Waals surface area contributed by atoms with E-state index in [4.69, 9.17) is 0 Å². The maximum Gasteiger partial charge on any atom is 0.242 e. The molecule has 1 aliphatic rings. The summed E-state index contributed by atoms with van der Waals surface area (Å²) in [5.74, 6) is -1.28. The van der Waals surface area contributed by atoms with E-state index in [2.05, 4.69) is 15.2 Å². The van der Waals surface area contributed by atoms with Crippen LogP contribution < -0.4 is 5.32 Å². The van der Waals surface area contributed by atoms with Gasteiger partial charge >= 0.3 is 0 Å². The molecule has 0 unspecified atom stereocenters. The monoisotopic (exact) mass is 331 g/mol. The van der Waals surface area contributed by atoms with Crippen LogP contribution in [0.5, 0.6) is 0 Å². The lowest BCUT2D eigenvalue weighted by molar-refractivity contribution is -0.126. The summed E-state index contributed by atoms with van der Waals surface area (Å²) in [6.45, 7) is 1.62. The van der Waals surface area contributed by atoms with Crippen LogP contribution in [0.2, 0.25) is 0 Å². The van der Waals surface area contributed by atoms with Crippen molar-refractivity contribution in [2.75, 3.05) is 13.1 Å². The SMILES string of the molecule is O=C(NCc1cc(F)ccc1F)[C@H](c1cccnc1)N1CCCC1. The Kier molecular flexibility index (Phi) is 5.15. The number of benzene rings is 1. The average Bonchev–Trinajstić information content (AvgIpc) is 3.11. The molecule has 0 bridgehead atoms. The van der Waals surface area contributed by atoms with Gasteiger partial charge in [-0.2, -0.15) is 0 Å². The summed E-state index contributed by atoms with van der Waals surface area (Å²) in [5, 5.41) is 2.73. The minimum absolute atomic E-state index is 0.0486. The molecule has 6 heteroatoms. The lowest BCUT2D eigenvalue weighted by Gasteiger charge is -2.26. The van der Waals surface area contributed by atoms with Gasteiger partial charge in [-0.1, -0.05) is 6.07 Å². The van der Waals surface area contributed by atoms with E-state index in [1.807, 2.05) is 6.07 Å². The molecule has 0 saturated carbocycles. The number of carbonyl (C=O) groups excluding carboxylic acids is 1. The van der Waals surface area contributed by atoms with Gasteiger partial charge in [0, 0.05) is 24.5 Å². The number of carbonyl (C=O) groups is 1. The Labute approximate surface area is 139 Å². The maximum absolute atomic E-state index is 13.7. The fraction of sp³-hybridized carbons (Fsp3) is 0.333. The Morgan fingerprint density at radius 3 is 2.75 bits per heavy atom. The first-order valence-electron chi connectivity index (χ1n) is 8.01. The number of pyridine rings is 1. The minimum atomic E-state index is -0.532. The molecule has 1 amide bonds. The molecule has 1 fully saturated rings. The number of nitrogens with zero attached hydrogens (tertiary/aromatic N) is 2. The first kappa shape index (κ1) is 16.5. The fourth-order valence-electron chi connectivity index (χ4n) is 3.02. The van der Waals surface area contributed by atoms with Crippen LogP contribution >= 0.6 is 0 Å². The summed E-state index contributed by atoms with van der Waals surface area (Å²) < 4.78 is 27.0. The fourth-order valence-corrected chi connectivity index (χ4v) is 3.02. The Hall–Kier alpha value is -2.34. The summed E-state index contributed by atoms with van der Waals surface area (Å²) >= 11 is 0. The molecule has 3 rings (SSSR count). The minimum Gasteiger partial charge on any atom is -0.350 e. The highest BCUT2D eigenvalue weighted by molar-refractivity contribution is 5.83. The summed E-state index contributed by atoms with van der Waals surface area (Å²) in [6.07, 6.45) is 5.42. The molecule has 4 nitrogen and oxygen atoms in total. The standard InChI is InChI=1S/C18H19F2N3O/c19-15-5-6-16(20)14(10-15)12-22-18(24)17(23-8-1-2-9-23)13-4-3-7-21-11-13/h3-7,10-11,17H,1-2,8-9,12H2,(H,22,24)/t17-/m0/s1. The Bertz CT molecular complexity index is 703. The van der Waals surface area contributed by atoms with Crippen molar-refractivity contribution in [3.63, 3.8) is 0 Å². The molecular formula is C18H19F2N3O. The molecule has 1 aromatic carbocycles. The summed E-state index contributed by atoms with van der Waals surface area (Å²) in [5.41, 5.74) is 0.936. The zero-order chi connectivity index (χ0) is 16.9. The van der Waals surface area contributed by atoms with Gasteiger partial charge in [0.1, 0.15) is 17.7 Å². The lowest BCUT2D eigenvalue weighted by Crippen LogP contribution is -2.39. The van der Waals surface area contributed by atoms with E-state index in [0.29, 0.717) is 0 Å². The zero-order valence-corrected chi connectivity index (χ0v) is 13.2. The Morgan fingerprint density at radius 2 is 2.04 bits per heavy atom. The predicted molar refractivity (Wildman–Crippen MR) is 86.0 cm³/mol. The van der Waals surface area contributed by atoms with Crippen molar-refractivity contribution in [2.24, 2.45) is 0 Å². The third-order valence-electron chi connectivity index (χ3n) is 4.22. The van der Waals surface area contributed by atoms with E-state index in [1.165, 1.54) is 0 Å². The van der Waals surface area contributed by atoms with Crippen molar-refractivity contribution in [3.05, 3.63) is 65.5 Å². The second-order valence-corrected chi connectivity index (χ2v) is 5.89. The van der Waals surface area contributed by atoms with Gasteiger partial charge in [0.15, 0.2) is 0 Å². The second-order valence-electron chi connectivity index (χ2n) is 5.89. The number of hydrogen-bond acceptors (Lipinski definition) is 3. The number of hydrogen-bond donors (Lipinski definition) is 1. The molecule has 1 atom stereocenters. The number of amides is 1. The molecule has 126 valence electrons. The quantitative estimate of drug-likeness (QED) is 0.916. The van der Waals surface area contributed by atoms with Crippen LogP contribution in [0, 0.1) is 11.6 Å². The van der Waals surface area contributed by atoms with Gasteiger partial charge in [0.2, 0.25) is 5.91 Å². The van der Waals surface area contributed by atoms with Crippen molar-refractivity contribution >= 4 is 5.91 Å². The van der Waals surface area contributed by atoms with Crippen LogP contribution in [0.1, 0.15) is 30.0 Å². The number of nitrogens with one attached hydrogen (secondary N) is 1. The average molecular weight is 331 g/mol. The van der Waals surface area contributed by atoms with Crippen LogP contribution in [-0.2, 0) is 11.3 Å². The van der Waals surface area contributed by atoms with E-state index >= 15 is 0 Å². The van der Waals surface area contributed by atoms with Gasteiger partial charge < -0.3 is 5.32 Å². The van der Waals surface area contributed by atoms with E-state index in [1.54, 1.807) is 18.5 Å². The molecule has 24 heavy (non-hydrogen) atoms. The number of halogens is 2. The number of likely N-dealkylation sites (tertiary alicyclic amines) is 1. The molecule has 0 spiro atoms. The highest BCUT2D eigenvalue weighted by Crippen LogP contribution is 2.25. The van der Waals surface area contributed by atoms with Crippen molar-refractivity contribution in [1.82, 2.24) is 15.2 Å². The smallest absolute Gasteiger partial charge is 0.242 e. The molecule has 2 aromatic rings. The molecule has 1 aliphatic heterocycles. The highest BCUT2D eigenvalue weighted by Gasteiger charge is 2.29. The second kappa shape index (κ2) is 7.49. The Morgan fingerprint density at radius 1 is 1.25 bits per heavy atom. The number of aromatic nitrogens is 1. The lowest BCUT2D eigenvalue weighted by atomic mass is 10.1. The topological polar surface area (TPSA) is 45.2 Å². The van der Waals surface area contributed by atoms with Crippen LogP contribution in [0.4, 0.5) is 8.78 Å².